The lowest BCUT2D eigenvalue weighted by Gasteiger charge is -2.10. The minimum Gasteiger partial charge on any atom is -0.484 e. The van der Waals surface area contributed by atoms with Gasteiger partial charge < -0.3 is 19.0 Å². The maximum absolute atomic E-state index is 12.6. The number of amides is 1. The van der Waals surface area contributed by atoms with Crippen molar-refractivity contribution in [3.8, 4) is 5.75 Å². The Bertz CT molecular complexity index is 1540. The van der Waals surface area contributed by atoms with Gasteiger partial charge in [0.25, 0.3) is 15.9 Å². The predicted molar refractivity (Wildman–Crippen MR) is 125 cm³/mol. The highest BCUT2D eigenvalue weighted by molar-refractivity contribution is 7.92. The van der Waals surface area contributed by atoms with E-state index in [1.165, 1.54) is 30.3 Å². The summed E-state index contributed by atoms with van der Waals surface area (Å²) in [5, 5.41) is 7.12. The summed E-state index contributed by atoms with van der Waals surface area (Å²) in [4.78, 5) is 23.8. The molecule has 11 heteroatoms. The van der Waals surface area contributed by atoms with Crippen LogP contribution in [0.3, 0.4) is 0 Å². The molecule has 0 bridgehead atoms. The number of anilines is 2. The number of fused-ring (bicyclic) bond motifs is 1. The van der Waals surface area contributed by atoms with Crippen LogP contribution >= 0.6 is 0 Å². The quantitative estimate of drug-likeness (QED) is 0.380. The van der Waals surface area contributed by atoms with E-state index in [-0.39, 0.29) is 17.4 Å². The smallest absolute Gasteiger partial charge is 0.336 e. The van der Waals surface area contributed by atoms with Crippen LogP contribution in [0.1, 0.15) is 16.8 Å². The highest BCUT2D eigenvalue weighted by Gasteiger charge is 2.19. The van der Waals surface area contributed by atoms with Crippen LogP contribution in [-0.2, 0) is 14.8 Å². The molecule has 0 atom stereocenters. The first-order valence-corrected chi connectivity index (χ1v) is 11.6. The summed E-state index contributed by atoms with van der Waals surface area (Å²) in [6.45, 7) is 4.90. The van der Waals surface area contributed by atoms with Crippen LogP contribution in [0, 0.1) is 20.8 Å². The third-order valence-electron chi connectivity index (χ3n) is 5.13. The molecule has 2 heterocycles. The van der Waals surface area contributed by atoms with E-state index in [1.807, 2.05) is 0 Å². The van der Waals surface area contributed by atoms with Gasteiger partial charge in [0.05, 0.1) is 10.6 Å². The Hall–Kier alpha value is -4.12. The molecule has 0 aliphatic carbocycles. The van der Waals surface area contributed by atoms with E-state index in [2.05, 4.69) is 15.2 Å². The van der Waals surface area contributed by atoms with Gasteiger partial charge in [-0.05, 0) is 62.7 Å². The van der Waals surface area contributed by atoms with Crippen molar-refractivity contribution in [3.63, 3.8) is 0 Å². The van der Waals surface area contributed by atoms with E-state index in [9.17, 15) is 18.0 Å². The number of benzene rings is 2. The summed E-state index contributed by atoms with van der Waals surface area (Å²) in [5.41, 5.74) is 2.25. The number of hydrogen-bond donors (Lipinski definition) is 2. The maximum Gasteiger partial charge on any atom is 0.336 e. The fraction of sp³-hybridized carbons (Fsp3) is 0.174. The molecule has 0 aliphatic rings. The number of hydrogen-bond acceptors (Lipinski definition) is 8. The van der Waals surface area contributed by atoms with Crippen LogP contribution in [0.4, 0.5) is 11.6 Å². The summed E-state index contributed by atoms with van der Waals surface area (Å²) >= 11 is 0. The highest BCUT2D eigenvalue weighted by Crippen LogP contribution is 2.24. The first-order valence-electron chi connectivity index (χ1n) is 10.2. The van der Waals surface area contributed by atoms with Crippen molar-refractivity contribution in [2.75, 3.05) is 16.6 Å². The number of ether oxygens (including phenoxy) is 1. The number of carbonyl (C=O) groups is 1. The Morgan fingerprint density at radius 3 is 2.47 bits per heavy atom. The molecule has 2 N–H and O–H groups in total. The minimum atomic E-state index is -3.89. The molecule has 0 fully saturated rings. The van der Waals surface area contributed by atoms with E-state index in [4.69, 9.17) is 13.7 Å². The van der Waals surface area contributed by atoms with Gasteiger partial charge in [-0.2, -0.15) is 0 Å². The van der Waals surface area contributed by atoms with Crippen LogP contribution in [0.25, 0.3) is 11.0 Å². The fourth-order valence-corrected chi connectivity index (χ4v) is 4.20. The average molecular weight is 484 g/mol. The molecule has 4 rings (SSSR count). The van der Waals surface area contributed by atoms with E-state index >= 15 is 0 Å². The predicted octanol–water partition coefficient (Wildman–Crippen LogP) is 3.52. The van der Waals surface area contributed by atoms with Crippen LogP contribution in [0.5, 0.6) is 5.75 Å². The van der Waals surface area contributed by atoms with Gasteiger partial charge in [-0.15, -0.1) is 0 Å². The van der Waals surface area contributed by atoms with E-state index < -0.39 is 21.6 Å². The molecule has 34 heavy (non-hydrogen) atoms. The molecule has 0 unspecified atom stereocenters. The molecule has 4 aromatic rings. The lowest BCUT2D eigenvalue weighted by atomic mass is 10.1. The van der Waals surface area contributed by atoms with Crippen molar-refractivity contribution in [2.45, 2.75) is 25.7 Å². The number of sulfonamides is 1. The van der Waals surface area contributed by atoms with Crippen LogP contribution < -0.4 is 20.4 Å². The number of aromatic nitrogens is 1. The SMILES string of the molecule is Cc1noc(NS(=O)(=O)c2ccc(NC(=O)COc3ccc4c(C)cc(=O)oc4c3)cc2)c1C. The van der Waals surface area contributed by atoms with Crippen molar-refractivity contribution in [2.24, 2.45) is 0 Å². The molecule has 2 aromatic carbocycles. The van der Waals surface area contributed by atoms with Crippen molar-refractivity contribution in [1.82, 2.24) is 5.16 Å². The van der Waals surface area contributed by atoms with E-state index in [0.29, 0.717) is 28.3 Å². The monoisotopic (exact) mass is 483 g/mol. The summed E-state index contributed by atoms with van der Waals surface area (Å²) < 4.78 is 43.1. The number of aryl methyl sites for hydroxylation is 2. The van der Waals surface area contributed by atoms with Crippen LogP contribution in [0.15, 0.2) is 67.2 Å². The second-order valence-electron chi connectivity index (χ2n) is 7.60. The molecular weight excluding hydrogens is 462 g/mol. The molecule has 0 radical (unpaired) electrons. The zero-order valence-electron chi connectivity index (χ0n) is 18.5. The number of nitrogens with one attached hydrogen (secondary N) is 2. The lowest BCUT2D eigenvalue weighted by Crippen LogP contribution is -2.20. The van der Waals surface area contributed by atoms with Gasteiger partial charge in [-0.25, -0.2) is 17.9 Å². The molecule has 2 aromatic heterocycles. The number of carbonyl (C=O) groups excluding carboxylic acids is 1. The zero-order chi connectivity index (χ0) is 24.5. The molecule has 176 valence electrons. The van der Waals surface area contributed by atoms with Crippen LogP contribution in [0.2, 0.25) is 0 Å². The third-order valence-corrected chi connectivity index (χ3v) is 6.47. The number of nitrogens with zero attached hydrogens (tertiary/aromatic N) is 1. The van der Waals surface area contributed by atoms with Crippen molar-refractivity contribution >= 4 is 38.5 Å². The molecule has 0 spiro atoms. The Labute approximate surface area is 194 Å². The normalized spacial score (nSPS) is 11.4. The summed E-state index contributed by atoms with van der Waals surface area (Å²) in [6.07, 6.45) is 0. The van der Waals surface area contributed by atoms with Gasteiger partial charge in [-0.3, -0.25) is 4.79 Å². The zero-order valence-corrected chi connectivity index (χ0v) is 19.4. The molecule has 0 aliphatic heterocycles. The minimum absolute atomic E-state index is 0.0110. The third kappa shape index (κ3) is 4.94. The molecule has 10 nitrogen and oxygen atoms in total. The summed E-state index contributed by atoms with van der Waals surface area (Å²) in [5.74, 6) is -0.0377. The highest BCUT2D eigenvalue weighted by atomic mass is 32.2. The van der Waals surface area contributed by atoms with Crippen LogP contribution in [-0.4, -0.2) is 26.1 Å². The topological polar surface area (TPSA) is 141 Å². The van der Waals surface area contributed by atoms with Gasteiger partial charge >= 0.3 is 5.63 Å². The van der Waals surface area contributed by atoms with Gasteiger partial charge in [0.1, 0.15) is 11.3 Å². The lowest BCUT2D eigenvalue weighted by molar-refractivity contribution is -0.118. The molecule has 0 saturated heterocycles. The largest absolute Gasteiger partial charge is 0.484 e. The molecular formula is C23H21N3O7S. The first kappa shape index (κ1) is 23.1. The van der Waals surface area contributed by atoms with Gasteiger partial charge in [0.2, 0.25) is 5.88 Å². The second-order valence-corrected chi connectivity index (χ2v) is 9.28. The van der Waals surface area contributed by atoms with Gasteiger partial charge in [-0.1, -0.05) is 5.16 Å². The summed E-state index contributed by atoms with van der Waals surface area (Å²) in [7, 11) is -3.89. The maximum atomic E-state index is 12.6. The first-order chi connectivity index (χ1) is 16.1. The Morgan fingerprint density at radius 2 is 1.79 bits per heavy atom. The van der Waals surface area contributed by atoms with Gasteiger partial charge in [0.15, 0.2) is 6.61 Å². The Balaban J connectivity index is 1.38. The second kappa shape index (κ2) is 9.02. The Morgan fingerprint density at radius 1 is 1.06 bits per heavy atom. The van der Waals surface area contributed by atoms with E-state index in [1.54, 1.807) is 39.0 Å². The average Bonchev–Trinajstić information content (AvgIpc) is 3.09. The standard InChI is InChI=1S/C23H21N3O7S/c1-13-10-22(28)32-20-11-17(6-9-19(13)20)31-12-21(27)24-16-4-7-18(8-5-16)34(29,30)26-23-14(2)15(3)25-33-23/h4-11,26H,12H2,1-3H3,(H,24,27). The fourth-order valence-electron chi connectivity index (χ4n) is 3.15. The van der Waals surface area contributed by atoms with Crippen molar-refractivity contribution in [1.29, 1.82) is 0 Å². The molecule has 0 saturated carbocycles. The number of rotatable bonds is 7. The van der Waals surface area contributed by atoms with Gasteiger partial charge in [0, 0.05) is 28.8 Å². The Kier molecular flexibility index (Phi) is 6.12. The van der Waals surface area contributed by atoms with Crippen molar-refractivity contribution in [3.05, 3.63) is 75.8 Å². The molecule has 1 amide bonds. The van der Waals surface area contributed by atoms with E-state index in [0.717, 1.165) is 10.9 Å². The van der Waals surface area contributed by atoms with Crippen molar-refractivity contribution < 1.29 is 26.9 Å². The summed E-state index contributed by atoms with van der Waals surface area (Å²) in [6, 6.07) is 12.0.